The SMILES string of the molecule is Cc1ccc(NC(=O)CSc2nnc(C3CCCCC3)n2C)cc1[N+](=O)[O-]. The minimum Gasteiger partial charge on any atom is -0.325 e. The Balaban J connectivity index is 1.59. The number of aryl methyl sites for hydroxylation is 1. The molecule has 1 aliphatic rings. The first-order valence-electron chi connectivity index (χ1n) is 9.02. The molecule has 1 saturated carbocycles. The number of carbonyl (C=O) groups excluding carboxylic acids is 1. The lowest BCUT2D eigenvalue weighted by Gasteiger charge is -2.20. The number of nitro benzene ring substituents is 1. The molecule has 27 heavy (non-hydrogen) atoms. The number of hydrogen-bond donors (Lipinski definition) is 1. The van der Waals surface area contributed by atoms with Gasteiger partial charge in [0.1, 0.15) is 5.82 Å². The number of thioether (sulfide) groups is 1. The minimum absolute atomic E-state index is 0.00845. The van der Waals surface area contributed by atoms with Crippen LogP contribution in [-0.4, -0.2) is 31.3 Å². The zero-order chi connectivity index (χ0) is 19.4. The van der Waals surface area contributed by atoms with Crippen molar-refractivity contribution in [2.75, 3.05) is 11.1 Å². The van der Waals surface area contributed by atoms with E-state index in [1.807, 2.05) is 11.6 Å². The van der Waals surface area contributed by atoms with Gasteiger partial charge < -0.3 is 9.88 Å². The number of benzene rings is 1. The first-order chi connectivity index (χ1) is 13.0. The highest BCUT2D eigenvalue weighted by molar-refractivity contribution is 7.99. The van der Waals surface area contributed by atoms with Crippen LogP contribution in [0.15, 0.2) is 23.4 Å². The standard InChI is InChI=1S/C18H23N5O3S/c1-12-8-9-14(10-15(12)23(25)26)19-16(24)11-27-18-21-20-17(22(18)2)13-6-4-3-5-7-13/h8-10,13H,3-7,11H2,1-2H3,(H,19,24). The van der Waals surface area contributed by atoms with Gasteiger partial charge in [-0.05, 0) is 25.8 Å². The summed E-state index contributed by atoms with van der Waals surface area (Å²) in [5.74, 6) is 1.37. The number of nitro groups is 1. The second-order valence-electron chi connectivity index (χ2n) is 6.83. The predicted molar refractivity (Wildman–Crippen MR) is 104 cm³/mol. The second-order valence-corrected chi connectivity index (χ2v) is 7.77. The van der Waals surface area contributed by atoms with Gasteiger partial charge >= 0.3 is 0 Å². The van der Waals surface area contributed by atoms with Crippen molar-refractivity contribution in [1.29, 1.82) is 0 Å². The van der Waals surface area contributed by atoms with Gasteiger partial charge in [0.15, 0.2) is 5.16 Å². The molecule has 1 N–H and O–H groups in total. The summed E-state index contributed by atoms with van der Waals surface area (Å²) in [6, 6.07) is 4.66. The fourth-order valence-corrected chi connectivity index (χ4v) is 4.10. The molecule has 0 atom stereocenters. The summed E-state index contributed by atoms with van der Waals surface area (Å²) < 4.78 is 1.98. The molecule has 1 aromatic heterocycles. The van der Waals surface area contributed by atoms with E-state index < -0.39 is 4.92 Å². The average Bonchev–Trinajstić information content (AvgIpc) is 3.02. The van der Waals surface area contributed by atoms with Gasteiger partial charge in [-0.1, -0.05) is 37.1 Å². The van der Waals surface area contributed by atoms with Crippen LogP contribution in [0.1, 0.15) is 49.4 Å². The van der Waals surface area contributed by atoms with E-state index in [0.717, 1.165) is 18.7 Å². The molecular formula is C18H23N5O3S. The van der Waals surface area contributed by atoms with Crippen molar-refractivity contribution in [2.45, 2.75) is 50.1 Å². The molecule has 0 unspecified atom stereocenters. The molecule has 1 aliphatic carbocycles. The van der Waals surface area contributed by atoms with E-state index in [1.54, 1.807) is 19.1 Å². The number of carbonyl (C=O) groups is 1. The third kappa shape index (κ3) is 4.65. The number of nitrogens with zero attached hydrogens (tertiary/aromatic N) is 4. The van der Waals surface area contributed by atoms with E-state index in [2.05, 4.69) is 15.5 Å². The fourth-order valence-electron chi connectivity index (χ4n) is 3.38. The van der Waals surface area contributed by atoms with Gasteiger partial charge in [-0.2, -0.15) is 0 Å². The van der Waals surface area contributed by atoms with E-state index >= 15 is 0 Å². The van der Waals surface area contributed by atoms with Crippen LogP contribution in [0.3, 0.4) is 0 Å². The zero-order valence-corrected chi connectivity index (χ0v) is 16.3. The van der Waals surface area contributed by atoms with Crippen molar-refractivity contribution in [3.05, 3.63) is 39.7 Å². The van der Waals surface area contributed by atoms with Crippen LogP contribution in [-0.2, 0) is 11.8 Å². The highest BCUT2D eigenvalue weighted by Gasteiger charge is 2.22. The average molecular weight is 389 g/mol. The Morgan fingerprint density at radius 1 is 1.33 bits per heavy atom. The van der Waals surface area contributed by atoms with Crippen molar-refractivity contribution >= 4 is 29.0 Å². The minimum atomic E-state index is -0.452. The molecule has 0 aliphatic heterocycles. The van der Waals surface area contributed by atoms with E-state index in [1.165, 1.54) is 37.1 Å². The van der Waals surface area contributed by atoms with Crippen molar-refractivity contribution in [2.24, 2.45) is 7.05 Å². The molecule has 0 spiro atoms. The lowest BCUT2D eigenvalue weighted by molar-refractivity contribution is -0.385. The van der Waals surface area contributed by atoms with Crippen LogP contribution < -0.4 is 5.32 Å². The summed E-state index contributed by atoms with van der Waals surface area (Å²) in [5, 5.41) is 23.0. The molecule has 144 valence electrons. The van der Waals surface area contributed by atoms with E-state index in [9.17, 15) is 14.9 Å². The maximum Gasteiger partial charge on any atom is 0.274 e. The van der Waals surface area contributed by atoms with Crippen molar-refractivity contribution in [3.63, 3.8) is 0 Å². The Morgan fingerprint density at radius 3 is 2.78 bits per heavy atom. The summed E-state index contributed by atoms with van der Waals surface area (Å²) in [4.78, 5) is 22.8. The van der Waals surface area contributed by atoms with Crippen LogP contribution in [0.4, 0.5) is 11.4 Å². The van der Waals surface area contributed by atoms with Gasteiger partial charge in [0.25, 0.3) is 5.69 Å². The monoisotopic (exact) mass is 389 g/mol. The lowest BCUT2D eigenvalue weighted by atomic mass is 9.89. The van der Waals surface area contributed by atoms with Gasteiger partial charge in [0, 0.05) is 30.3 Å². The Morgan fingerprint density at radius 2 is 2.07 bits per heavy atom. The number of rotatable bonds is 6. The van der Waals surface area contributed by atoms with Gasteiger partial charge in [0.2, 0.25) is 5.91 Å². The van der Waals surface area contributed by atoms with Crippen molar-refractivity contribution < 1.29 is 9.72 Å². The van der Waals surface area contributed by atoms with Crippen LogP contribution >= 0.6 is 11.8 Å². The van der Waals surface area contributed by atoms with Crippen LogP contribution in [0.5, 0.6) is 0 Å². The van der Waals surface area contributed by atoms with Gasteiger partial charge in [0.05, 0.1) is 10.7 Å². The number of amides is 1. The third-order valence-corrected chi connectivity index (χ3v) is 5.88. The highest BCUT2D eigenvalue weighted by atomic mass is 32.2. The fraction of sp³-hybridized carbons (Fsp3) is 0.500. The molecule has 1 amide bonds. The van der Waals surface area contributed by atoms with Gasteiger partial charge in [-0.25, -0.2) is 0 Å². The quantitative estimate of drug-likeness (QED) is 0.458. The maximum atomic E-state index is 12.2. The molecule has 8 nitrogen and oxygen atoms in total. The van der Waals surface area contributed by atoms with Crippen molar-refractivity contribution in [1.82, 2.24) is 14.8 Å². The van der Waals surface area contributed by atoms with E-state index in [0.29, 0.717) is 22.3 Å². The lowest BCUT2D eigenvalue weighted by Crippen LogP contribution is -2.15. The Hall–Kier alpha value is -2.42. The summed E-state index contributed by atoms with van der Waals surface area (Å²) in [7, 11) is 1.94. The van der Waals surface area contributed by atoms with Crippen LogP contribution in [0, 0.1) is 17.0 Å². The molecule has 1 fully saturated rings. The highest BCUT2D eigenvalue weighted by Crippen LogP contribution is 2.32. The van der Waals surface area contributed by atoms with Crippen LogP contribution in [0.25, 0.3) is 0 Å². The molecule has 1 aromatic carbocycles. The first kappa shape index (κ1) is 19.3. The number of anilines is 1. The predicted octanol–water partition coefficient (Wildman–Crippen LogP) is 3.81. The summed E-state index contributed by atoms with van der Waals surface area (Å²) in [6.07, 6.45) is 6.02. The normalized spacial score (nSPS) is 14.9. The smallest absolute Gasteiger partial charge is 0.274 e. The van der Waals surface area contributed by atoms with E-state index in [-0.39, 0.29) is 17.3 Å². The summed E-state index contributed by atoms with van der Waals surface area (Å²) in [5.41, 5.74) is 0.964. The Bertz CT molecular complexity index is 846. The molecule has 3 rings (SSSR count). The Kier molecular flexibility index (Phi) is 6.10. The zero-order valence-electron chi connectivity index (χ0n) is 15.5. The molecular weight excluding hydrogens is 366 g/mol. The molecule has 0 radical (unpaired) electrons. The van der Waals surface area contributed by atoms with Gasteiger partial charge in [-0.15, -0.1) is 10.2 Å². The largest absolute Gasteiger partial charge is 0.325 e. The number of nitrogens with one attached hydrogen (secondary N) is 1. The van der Waals surface area contributed by atoms with Gasteiger partial charge in [-0.3, -0.25) is 14.9 Å². The number of aromatic nitrogens is 3. The summed E-state index contributed by atoms with van der Waals surface area (Å²) >= 11 is 1.32. The topological polar surface area (TPSA) is 103 Å². The molecule has 2 aromatic rings. The van der Waals surface area contributed by atoms with Crippen molar-refractivity contribution in [3.8, 4) is 0 Å². The summed E-state index contributed by atoms with van der Waals surface area (Å²) in [6.45, 7) is 1.66. The molecule has 0 bridgehead atoms. The van der Waals surface area contributed by atoms with Crippen LogP contribution in [0.2, 0.25) is 0 Å². The molecule has 9 heteroatoms. The Labute approximate surface area is 161 Å². The van der Waals surface area contributed by atoms with E-state index in [4.69, 9.17) is 0 Å². The number of hydrogen-bond acceptors (Lipinski definition) is 6. The first-order valence-corrected chi connectivity index (χ1v) is 10.0. The molecule has 0 saturated heterocycles. The third-order valence-electron chi connectivity index (χ3n) is 4.86. The molecule has 1 heterocycles. The second kappa shape index (κ2) is 8.51. The maximum absolute atomic E-state index is 12.2.